The Morgan fingerprint density at radius 2 is 1.82 bits per heavy atom. The molecule has 0 aromatic carbocycles. The number of nitrogens with one attached hydrogen (secondary N) is 3. The number of sulfonamides is 1. The first-order valence-electron chi connectivity index (χ1n) is 8.60. The van der Waals surface area contributed by atoms with Gasteiger partial charge in [-0.05, 0) is 26.0 Å². The van der Waals surface area contributed by atoms with E-state index in [0.29, 0.717) is 35.4 Å². The Kier molecular flexibility index (Phi) is 5.85. The van der Waals surface area contributed by atoms with Crippen LogP contribution >= 0.6 is 0 Å². The molecular formula is C17H22N8O2S. The van der Waals surface area contributed by atoms with Crippen molar-refractivity contribution in [2.24, 2.45) is 7.05 Å². The predicted octanol–water partition coefficient (Wildman–Crippen LogP) is 1.36. The number of pyridine rings is 1. The van der Waals surface area contributed by atoms with Crippen LogP contribution in [0.1, 0.15) is 11.4 Å². The van der Waals surface area contributed by atoms with Crippen LogP contribution in [0.2, 0.25) is 0 Å². The molecule has 28 heavy (non-hydrogen) atoms. The highest BCUT2D eigenvalue weighted by atomic mass is 32.2. The van der Waals surface area contributed by atoms with Gasteiger partial charge < -0.3 is 10.6 Å². The van der Waals surface area contributed by atoms with Crippen LogP contribution in [0, 0.1) is 13.8 Å². The van der Waals surface area contributed by atoms with Gasteiger partial charge in [0.05, 0.1) is 11.4 Å². The van der Waals surface area contributed by atoms with E-state index in [0.717, 1.165) is 0 Å². The molecule has 0 aliphatic heterocycles. The molecule has 3 aromatic heterocycles. The first-order chi connectivity index (χ1) is 13.4. The zero-order valence-electron chi connectivity index (χ0n) is 15.8. The van der Waals surface area contributed by atoms with E-state index in [1.54, 1.807) is 37.8 Å². The number of anilines is 3. The molecule has 0 unspecified atom stereocenters. The summed E-state index contributed by atoms with van der Waals surface area (Å²) in [5, 5.41) is 10.3. The van der Waals surface area contributed by atoms with Crippen molar-refractivity contribution in [2.75, 3.05) is 23.7 Å². The molecule has 0 aliphatic carbocycles. The third kappa shape index (κ3) is 4.61. The summed E-state index contributed by atoms with van der Waals surface area (Å²) in [6.45, 7) is 3.96. The highest BCUT2D eigenvalue weighted by molar-refractivity contribution is 7.89. The Morgan fingerprint density at radius 3 is 2.50 bits per heavy atom. The van der Waals surface area contributed by atoms with Gasteiger partial charge in [-0.15, -0.1) is 0 Å². The molecule has 3 rings (SSSR count). The van der Waals surface area contributed by atoms with Gasteiger partial charge in [0.2, 0.25) is 10.0 Å². The molecule has 3 aromatic rings. The minimum atomic E-state index is -3.63. The van der Waals surface area contributed by atoms with Crippen molar-refractivity contribution in [3.05, 3.63) is 48.2 Å². The summed E-state index contributed by atoms with van der Waals surface area (Å²) < 4.78 is 29.2. The Labute approximate surface area is 163 Å². The van der Waals surface area contributed by atoms with Crippen LogP contribution in [0.25, 0.3) is 0 Å². The zero-order valence-corrected chi connectivity index (χ0v) is 16.7. The third-order valence-electron chi connectivity index (χ3n) is 4.02. The van der Waals surface area contributed by atoms with Crippen LogP contribution < -0.4 is 15.4 Å². The van der Waals surface area contributed by atoms with Gasteiger partial charge in [-0.2, -0.15) is 5.10 Å². The van der Waals surface area contributed by atoms with Crippen LogP contribution in [0.5, 0.6) is 0 Å². The van der Waals surface area contributed by atoms with E-state index in [4.69, 9.17) is 0 Å². The largest absolute Gasteiger partial charge is 0.369 e. The summed E-state index contributed by atoms with van der Waals surface area (Å²) in [7, 11) is -1.91. The normalized spacial score (nSPS) is 11.4. The Balaban J connectivity index is 1.56. The first-order valence-corrected chi connectivity index (χ1v) is 10.1. The lowest BCUT2D eigenvalue weighted by atomic mass is 10.4. The SMILES string of the molecule is Cc1nn(C)c(C)c1S(=O)(=O)NCCNc1cc(Nc2ccccn2)ncn1. The van der Waals surface area contributed by atoms with Crippen molar-refractivity contribution in [1.82, 2.24) is 29.5 Å². The van der Waals surface area contributed by atoms with E-state index in [9.17, 15) is 8.42 Å². The van der Waals surface area contributed by atoms with Gasteiger partial charge >= 0.3 is 0 Å². The van der Waals surface area contributed by atoms with Crippen LogP contribution in [-0.2, 0) is 17.1 Å². The van der Waals surface area contributed by atoms with Gasteiger partial charge in [-0.1, -0.05) is 6.07 Å². The number of aryl methyl sites for hydroxylation is 2. The topological polar surface area (TPSA) is 127 Å². The number of rotatable bonds is 8. The van der Waals surface area contributed by atoms with Crippen LogP contribution in [0.4, 0.5) is 17.5 Å². The van der Waals surface area contributed by atoms with Gasteiger partial charge in [0.15, 0.2) is 0 Å². The second kappa shape index (κ2) is 8.31. The highest BCUT2D eigenvalue weighted by Gasteiger charge is 2.23. The molecule has 0 saturated carbocycles. The lowest BCUT2D eigenvalue weighted by Gasteiger charge is -2.10. The monoisotopic (exact) mass is 402 g/mol. The smallest absolute Gasteiger partial charge is 0.244 e. The Hall–Kier alpha value is -3.05. The molecule has 0 atom stereocenters. The zero-order chi connectivity index (χ0) is 20.1. The molecule has 0 radical (unpaired) electrons. The second-order valence-corrected chi connectivity index (χ2v) is 7.78. The highest BCUT2D eigenvalue weighted by Crippen LogP contribution is 2.18. The fraction of sp³-hybridized carbons (Fsp3) is 0.294. The minimum absolute atomic E-state index is 0.198. The van der Waals surface area contributed by atoms with Gasteiger partial charge in [-0.3, -0.25) is 4.68 Å². The van der Waals surface area contributed by atoms with Gasteiger partial charge in [0, 0.05) is 32.4 Å². The van der Waals surface area contributed by atoms with E-state index >= 15 is 0 Å². The standard InChI is InChI=1S/C17H22N8O2S/c1-12-17(13(2)25(3)24-12)28(26,27)22-9-8-19-15-10-16(21-11-20-15)23-14-6-4-5-7-18-14/h4-7,10-11,22H,8-9H2,1-3H3,(H2,18,19,20,21,23). The molecule has 3 N–H and O–H groups in total. The van der Waals surface area contributed by atoms with Gasteiger partial charge in [0.1, 0.15) is 28.7 Å². The van der Waals surface area contributed by atoms with Crippen molar-refractivity contribution in [3.63, 3.8) is 0 Å². The molecule has 3 heterocycles. The average molecular weight is 402 g/mol. The van der Waals surface area contributed by atoms with Crippen molar-refractivity contribution in [1.29, 1.82) is 0 Å². The van der Waals surface area contributed by atoms with Crippen LogP contribution in [-0.4, -0.2) is 46.2 Å². The number of hydrogen-bond donors (Lipinski definition) is 3. The maximum Gasteiger partial charge on any atom is 0.244 e. The third-order valence-corrected chi connectivity index (χ3v) is 5.74. The fourth-order valence-electron chi connectivity index (χ4n) is 2.68. The summed E-state index contributed by atoms with van der Waals surface area (Å²) in [6.07, 6.45) is 3.10. The predicted molar refractivity (Wildman–Crippen MR) is 106 cm³/mol. The Bertz CT molecular complexity index is 1050. The van der Waals surface area contributed by atoms with Crippen molar-refractivity contribution in [3.8, 4) is 0 Å². The molecule has 0 aliphatic rings. The lowest BCUT2D eigenvalue weighted by molar-refractivity contribution is 0.581. The Morgan fingerprint density at radius 1 is 1.04 bits per heavy atom. The van der Waals surface area contributed by atoms with Gasteiger partial charge in [0.25, 0.3) is 0 Å². The molecule has 0 spiro atoms. The molecule has 0 fully saturated rings. The number of aromatic nitrogens is 5. The second-order valence-electron chi connectivity index (χ2n) is 6.08. The van der Waals surface area contributed by atoms with E-state index < -0.39 is 10.0 Å². The van der Waals surface area contributed by atoms with E-state index in [-0.39, 0.29) is 11.4 Å². The number of hydrogen-bond acceptors (Lipinski definition) is 8. The summed E-state index contributed by atoms with van der Waals surface area (Å²) in [5.41, 5.74) is 1.07. The maximum absolute atomic E-state index is 12.5. The van der Waals surface area contributed by atoms with Crippen molar-refractivity contribution >= 4 is 27.5 Å². The van der Waals surface area contributed by atoms with Crippen LogP contribution in [0.3, 0.4) is 0 Å². The van der Waals surface area contributed by atoms with E-state index in [1.165, 1.54) is 6.33 Å². The molecule has 0 amide bonds. The maximum atomic E-state index is 12.5. The molecule has 10 nitrogen and oxygen atoms in total. The number of nitrogens with zero attached hydrogens (tertiary/aromatic N) is 5. The summed E-state index contributed by atoms with van der Waals surface area (Å²) >= 11 is 0. The van der Waals surface area contributed by atoms with Crippen molar-refractivity contribution < 1.29 is 8.42 Å². The molecule has 0 bridgehead atoms. The molecule has 11 heteroatoms. The summed E-state index contributed by atoms with van der Waals surface area (Å²) in [6, 6.07) is 7.24. The quantitative estimate of drug-likeness (QED) is 0.482. The molecular weight excluding hydrogens is 380 g/mol. The summed E-state index contributed by atoms with van der Waals surface area (Å²) in [4.78, 5) is 12.7. The lowest BCUT2D eigenvalue weighted by Crippen LogP contribution is -2.29. The summed E-state index contributed by atoms with van der Waals surface area (Å²) in [5.74, 6) is 1.82. The molecule has 148 valence electrons. The minimum Gasteiger partial charge on any atom is -0.369 e. The van der Waals surface area contributed by atoms with Gasteiger partial charge in [-0.25, -0.2) is 28.1 Å². The molecule has 0 saturated heterocycles. The average Bonchev–Trinajstić information content (AvgIpc) is 2.92. The first kappa shape index (κ1) is 19.7. The fourth-order valence-corrected chi connectivity index (χ4v) is 4.15. The van der Waals surface area contributed by atoms with E-state index in [2.05, 4.69) is 35.4 Å². The van der Waals surface area contributed by atoms with Crippen LogP contribution in [0.15, 0.2) is 41.7 Å². The van der Waals surface area contributed by atoms with E-state index in [1.807, 2.05) is 18.2 Å². The van der Waals surface area contributed by atoms with Crippen molar-refractivity contribution in [2.45, 2.75) is 18.7 Å².